The third kappa shape index (κ3) is 2.44. The highest BCUT2D eigenvalue weighted by Crippen LogP contribution is 2.23. The normalized spacial score (nSPS) is 19.6. The van der Waals surface area contributed by atoms with E-state index < -0.39 is 10.0 Å². The van der Waals surface area contributed by atoms with Gasteiger partial charge < -0.3 is 10.7 Å². The molecule has 8 heteroatoms. The zero-order chi connectivity index (χ0) is 12.6. The molecule has 0 radical (unpaired) electrons. The van der Waals surface area contributed by atoms with Crippen LogP contribution in [0, 0.1) is 6.92 Å². The Hall–Kier alpha value is -0.700. The first-order valence-electron chi connectivity index (χ1n) is 5.36. The molecule has 96 valence electrons. The van der Waals surface area contributed by atoms with E-state index in [1.54, 1.807) is 6.92 Å². The standard InChI is InChI=1S/C9H15N3O3S2/c1-6-8(16-9(13)11-6)17(14,15)12-4-2-7(10)3-5-12/h7H,2-5,10H2,1H3,(H,11,13). The molecule has 0 spiro atoms. The SMILES string of the molecule is Cc1[nH]c(=O)sc1S(=O)(=O)N1CCC(N)CC1. The van der Waals surface area contributed by atoms with Gasteiger partial charge in [0.1, 0.15) is 0 Å². The van der Waals surface area contributed by atoms with E-state index in [4.69, 9.17) is 5.73 Å². The topological polar surface area (TPSA) is 96.3 Å². The Balaban J connectivity index is 2.31. The average Bonchev–Trinajstić information content (AvgIpc) is 2.59. The van der Waals surface area contributed by atoms with Gasteiger partial charge in [-0.3, -0.25) is 4.79 Å². The number of rotatable bonds is 2. The molecule has 1 fully saturated rings. The highest BCUT2D eigenvalue weighted by molar-refractivity contribution is 7.91. The van der Waals surface area contributed by atoms with Crippen molar-refractivity contribution >= 4 is 21.4 Å². The summed E-state index contributed by atoms with van der Waals surface area (Å²) in [4.78, 5) is 13.3. The molecule has 0 aromatic carbocycles. The third-order valence-electron chi connectivity index (χ3n) is 2.85. The molecule has 0 bridgehead atoms. The molecule has 0 unspecified atom stereocenters. The van der Waals surface area contributed by atoms with E-state index in [2.05, 4.69) is 4.98 Å². The lowest BCUT2D eigenvalue weighted by Gasteiger charge is -2.28. The van der Waals surface area contributed by atoms with Crippen molar-refractivity contribution in [2.75, 3.05) is 13.1 Å². The fourth-order valence-corrected chi connectivity index (χ4v) is 4.78. The van der Waals surface area contributed by atoms with Gasteiger partial charge in [-0.15, -0.1) is 0 Å². The minimum atomic E-state index is -3.53. The summed E-state index contributed by atoms with van der Waals surface area (Å²) in [5.74, 6) is 0. The number of hydrogen-bond acceptors (Lipinski definition) is 5. The number of nitrogens with one attached hydrogen (secondary N) is 1. The van der Waals surface area contributed by atoms with E-state index in [0.29, 0.717) is 31.6 Å². The average molecular weight is 277 g/mol. The Morgan fingerprint density at radius 1 is 1.41 bits per heavy atom. The van der Waals surface area contributed by atoms with Gasteiger partial charge in [-0.1, -0.05) is 11.3 Å². The van der Waals surface area contributed by atoms with Crippen molar-refractivity contribution in [3.63, 3.8) is 0 Å². The first kappa shape index (κ1) is 12.7. The predicted molar refractivity (Wildman–Crippen MR) is 65.6 cm³/mol. The maximum Gasteiger partial charge on any atom is 0.305 e. The molecule has 1 aliphatic rings. The molecule has 2 heterocycles. The maximum atomic E-state index is 12.3. The van der Waals surface area contributed by atoms with Crippen LogP contribution in [0.15, 0.2) is 9.00 Å². The molecular formula is C9H15N3O3S2. The largest absolute Gasteiger partial charge is 0.328 e. The van der Waals surface area contributed by atoms with Gasteiger partial charge in [-0.2, -0.15) is 4.31 Å². The minimum Gasteiger partial charge on any atom is -0.328 e. The van der Waals surface area contributed by atoms with E-state index in [-0.39, 0.29) is 15.1 Å². The van der Waals surface area contributed by atoms with E-state index in [1.165, 1.54) is 4.31 Å². The second kappa shape index (κ2) is 4.52. The lowest BCUT2D eigenvalue weighted by Crippen LogP contribution is -2.42. The molecule has 1 aliphatic heterocycles. The number of thiazole rings is 1. The fourth-order valence-electron chi connectivity index (χ4n) is 1.87. The van der Waals surface area contributed by atoms with E-state index in [9.17, 15) is 13.2 Å². The van der Waals surface area contributed by atoms with Crippen molar-refractivity contribution in [3.05, 3.63) is 15.4 Å². The first-order valence-corrected chi connectivity index (χ1v) is 7.62. The van der Waals surface area contributed by atoms with E-state index >= 15 is 0 Å². The summed E-state index contributed by atoms with van der Waals surface area (Å²) in [6.07, 6.45) is 1.33. The second-order valence-electron chi connectivity index (χ2n) is 4.17. The van der Waals surface area contributed by atoms with Gasteiger partial charge in [0.2, 0.25) is 0 Å². The van der Waals surface area contributed by atoms with Crippen molar-refractivity contribution in [1.29, 1.82) is 0 Å². The Kier molecular flexibility index (Phi) is 3.39. The lowest BCUT2D eigenvalue weighted by molar-refractivity contribution is 0.320. The number of piperidine rings is 1. The van der Waals surface area contributed by atoms with Crippen LogP contribution in [0.4, 0.5) is 0 Å². The quantitative estimate of drug-likeness (QED) is 0.786. The number of sulfonamides is 1. The van der Waals surface area contributed by atoms with Crippen LogP contribution < -0.4 is 10.6 Å². The molecule has 6 nitrogen and oxygen atoms in total. The van der Waals surface area contributed by atoms with Gasteiger partial charge >= 0.3 is 4.87 Å². The fraction of sp³-hybridized carbons (Fsp3) is 0.667. The summed E-state index contributed by atoms with van der Waals surface area (Å²) < 4.78 is 26.1. The molecule has 1 aromatic rings. The van der Waals surface area contributed by atoms with Crippen LogP contribution in [0.25, 0.3) is 0 Å². The van der Waals surface area contributed by atoms with Crippen LogP contribution in [0.3, 0.4) is 0 Å². The first-order chi connectivity index (χ1) is 7.91. The van der Waals surface area contributed by atoms with Gasteiger partial charge in [-0.25, -0.2) is 8.42 Å². The number of aromatic nitrogens is 1. The molecule has 0 saturated carbocycles. The van der Waals surface area contributed by atoms with E-state index in [1.807, 2.05) is 0 Å². The molecule has 1 saturated heterocycles. The summed E-state index contributed by atoms with van der Waals surface area (Å²) in [5, 5.41) is 0. The van der Waals surface area contributed by atoms with Gasteiger partial charge in [0.15, 0.2) is 4.21 Å². The monoisotopic (exact) mass is 277 g/mol. The summed E-state index contributed by atoms with van der Waals surface area (Å²) in [5.41, 5.74) is 6.15. The van der Waals surface area contributed by atoms with Crippen molar-refractivity contribution in [2.45, 2.75) is 30.0 Å². The number of aryl methyl sites for hydroxylation is 1. The predicted octanol–water partition coefficient (Wildman–Crippen LogP) is -0.143. The molecular weight excluding hydrogens is 262 g/mol. The lowest BCUT2D eigenvalue weighted by atomic mass is 10.1. The zero-order valence-corrected chi connectivity index (χ0v) is 11.1. The third-order valence-corrected chi connectivity index (χ3v) is 6.33. The van der Waals surface area contributed by atoms with E-state index in [0.717, 1.165) is 11.3 Å². The number of H-pyrrole nitrogens is 1. The molecule has 17 heavy (non-hydrogen) atoms. The van der Waals surface area contributed by atoms with Gasteiger partial charge in [0.25, 0.3) is 10.0 Å². The number of aromatic amines is 1. The molecule has 3 N–H and O–H groups in total. The summed E-state index contributed by atoms with van der Waals surface area (Å²) in [6, 6.07) is 0.0764. The molecule has 0 aliphatic carbocycles. The number of nitrogens with zero attached hydrogens (tertiary/aromatic N) is 1. The highest BCUT2D eigenvalue weighted by Gasteiger charge is 2.31. The summed E-state index contributed by atoms with van der Waals surface area (Å²) in [7, 11) is -3.53. The van der Waals surface area contributed by atoms with Crippen molar-refractivity contribution < 1.29 is 8.42 Å². The van der Waals surface area contributed by atoms with Crippen molar-refractivity contribution in [1.82, 2.24) is 9.29 Å². The van der Waals surface area contributed by atoms with Crippen LogP contribution in [0.1, 0.15) is 18.5 Å². The van der Waals surface area contributed by atoms with Gasteiger partial charge in [0, 0.05) is 24.8 Å². The van der Waals surface area contributed by atoms with Crippen molar-refractivity contribution in [3.8, 4) is 0 Å². The van der Waals surface area contributed by atoms with Crippen LogP contribution in [0.5, 0.6) is 0 Å². The molecule has 2 rings (SSSR count). The van der Waals surface area contributed by atoms with Crippen LogP contribution in [-0.4, -0.2) is 36.8 Å². The zero-order valence-electron chi connectivity index (χ0n) is 9.47. The summed E-state index contributed by atoms with van der Waals surface area (Å²) >= 11 is 0.744. The van der Waals surface area contributed by atoms with Gasteiger partial charge in [0.05, 0.1) is 0 Å². The Morgan fingerprint density at radius 3 is 2.47 bits per heavy atom. The van der Waals surface area contributed by atoms with Crippen LogP contribution in [-0.2, 0) is 10.0 Å². The number of nitrogens with two attached hydrogens (primary N) is 1. The van der Waals surface area contributed by atoms with Gasteiger partial charge in [-0.05, 0) is 19.8 Å². The highest BCUT2D eigenvalue weighted by atomic mass is 32.2. The Labute approximate surface area is 103 Å². The molecule has 0 amide bonds. The Morgan fingerprint density at radius 2 is 2.00 bits per heavy atom. The Bertz CT molecular complexity index is 552. The minimum absolute atomic E-state index is 0.0764. The maximum absolute atomic E-state index is 12.3. The smallest absolute Gasteiger partial charge is 0.305 e. The number of hydrogen-bond donors (Lipinski definition) is 2. The van der Waals surface area contributed by atoms with Crippen molar-refractivity contribution in [2.24, 2.45) is 5.73 Å². The molecule has 0 atom stereocenters. The summed E-state index contributed by atoms with van der Waals surface area (Å²) in [6.45, 7) is 2.45. The molecule has 1 aromatic heterocycles. The second-order valence-corrected chi connectivity index (χ2v) is 7.28. The van der Waals surface area contributed by atoms with Crippen LogP contribution in [0.2, 0.25) is 0 Å². The van der Waals surface area contributed by atoms with Crippen LogP contribution >= 0.6 is 11.3 Å².